The average molecular weight is 284 g/mol. The summed E-state index contributed by atoms with van der Waals surface area (Å²) >= 11 is 0. The number of aliphatic carboxylic acids is 1. The molecule has 20 heavy (non-hydrogen) atoms. The van der Waals surface area contributed by atoms with Crippen LogP contribution in [-0.4, -0.2) is 52.8 Å². The molecule has 3 atom stereocenters. The van der Waals surface area contributed by atoms with Crippen molar-refractivity contribution in [2.24, 2.45) is 0 Å². The molecule has 0 spiro atoms. The predicted octanol–water partition coefficient (Wildman–Crippen LogP) is 1.59. The van der Waals surface area contributed by atoms with E-state index in [4.69, 9.17) is 4.74 Å². The van der Waals surface area contributed by atoms with Crippen LogP contribution >= 0.6 is 0 Å². The lowest BCUT2D eigenvalue weighted by Crippen LogP contribution is -2.57. The first kappa shape index (κ1) is 15.1. The number of ether oxygens (including phenoxy) is 1. The van der Waals surface area contributed by atoms with E-state index in [2.05, 4.69) is 5.32 Å². The monoisotopic (exact) mass is 284 g/mol. The van der Waals surface area contributed by atoms with Crippen molar-refractivity contribution in [3.63, 3.8) is 0 Å². The molecule has 3 unspecified atom stereocenters. The molecular formula is C14H24N2O4. The van der Waals surface area contributed by atoms with Gasteiger partial charge in [-0.15, -0.1) is 0 Å². The van der Waals surface area contributed by atoms with Gasteiger partial charge in [-0.25, -0.2) is 9.59 Å². The largest absolute Gasteiger partial charge is 0.479 e. The number of rotatable bonds is 4. The second-order valence-corrected chi connectivity index (χ2v) is 5.74. The van der Waals surface area contributed by atoms with E-state index in [1.54, 1.807) is 0 Å². The zero-order valence-electron chi connectivity index (χ0n) is 12.2. The fourth-order valence-corrected chi connectivity index (χ4v) is 3.28. The molecule has 114 valence electrons. The maximum absolute atomic E-state index is 12.4. The minimum Gasteiger partial charge on any atom is -0.479 e. The number of urea groups is 1. The van der Waals surface area contributed by atoms with Crippen molar-refractivity contribution in [2.75, 3.05) is 13.2 Å². The first-order valence-corrected chi connectivity index (χ1v) is 7.44. The molecule has 0 aromatic carbocycles. The molecule has 0 saturated carbocycles. The quantitative estimate of drug-likeness (QED) is 0.821. The van der Waals surface area contributed by atoms with E-state index >= 15 is 0 Å². The Labute approximate surface area is 119 Å². The van der Waals surface area contributed by atoms with Gasteiger partial charge in [0.2, 0.25) is 0 Å². The number of amides is 2. The number of carboxylic acids is 1. The Balaban J connectivity index is 2.02. The lowest BCUT2D eigenvalue weighted by molar-refractivity contribution is -0.148. The van der Waals surface area contributed by atoms with E-state index in [1.165, 1.54) is 4.90 Å². The lowest BCUT2D eigenvalue weighted by atomic mass is 9.93. The summed E-state index contributed by atoms with van der Waals surface area (Å²) in [5.74, 6) is -0.905. The summed E-state index contributed by atoms with van der Waals surface area (Å²) in [5, 5.41) is 12.4. The number of nitrogens with zero attached hydrogens (tertiary/aromatic N) is 1. The van der Waals surface area contributed by atoms with Crippen molar-refractivity contribution in [3.05, 3.63) is 0 Å². The molecule has 0 aromatic rings. The molecule has 0 aliphatic carbocycles. The van der Waals surface area contributed by atoms with Gasteiger partial charge in [0.1, 0.15) is 5.54 Å². The molecule has 2 heterocycles. The summed E-state index contributed by atoms with van der Waals surface area (Å²) in [6.07, 6.45) is 3.71. The standard InChI is InChI=1S/C14H24N2O4/c1-3-14(12(17)18)7-5-8-16(14)13(19)15-10(2)11-6-4-9-20-11/h10-11H,3-9H2,1-2H3,(H,15,19)(H,17,18). The number of carboxylic acid groups (broad SMARTS) is 1. The number of carbonyl (C=O) groups is 2. The molecule has 0 aromatic heterocycles. The number of hydrogen-bond donors (Lipinski definition) is 2. The number of hydrogen-bond acceptors (Lipinski definition) is 3. The first-order valence-electron chi connectivity index (χ1n) is 7.44. The molecule has 2 aliphatic rings. The van der Waals surface area contributed by atoms with Crippen LogP contribution in [0.2, 0.25) is 0 Å². The molecule has 6 heteroatoms. The molecule has 2 rings (SSSR count). The highest BCUT2D eigenvalue weighted by atomic mass is 16.5. The van der Waals surface area contributed by atoms with Gasteiger partial charge in [-0.3, -0.25) is 0 Å². The highest BCUT2D eigenvalue weighted by Crippen LogP contribution is 2.33. The first-order chi connectivity index (χ1) is 9.51. The minimum absolute atomic E-state index is 0.0439. The highest BCUT2D eigenvalue weighted by molar-refractivity contribution is 5.87. The smallest absolute Gasteiger partial charge is 0.329 e. The third kappa shape index (κ3) is 2.61. The van der Waals surface area contributed by atoms with Crippen LogP contribution in [0.5, 0.6) is 0 Å². The fraction of sp³-hybridized carbons (Fsp3) is 0.857. The molecule has 0 radical (unpaired) electrons. The van der Waals surface area contributed by atoms with Crippen LogP contribution in [0, 0.1) is 0 Å². The van der Waals surface area contributed by atoms with Gasteiger partial charge in [0.25, 0.3) is 0 Å². The topological polar surface area (TPSA) is 78.9 Å². The summed E-state index contributed by atoms with van der Waals surface area (Å²) in [6, 6.07) is -0.372. The SMILES string of the molecule is CCC1(C(=O)O)CCCN1C(=O)NC(C)C1CCCO1. The van der Waals surface area contributed by atoms with Gasteiger partial charge in [0.05, 0.1) is 12.1 Å². The summed E-state index contributed by atoms with van der Waals surface area (Å²) in [4.78, 5) is 25.4. The van der Waals surface area contributed by atoms with Crippen LogP contribution < -0.4 is 5.32 Å². The van der Waals surface area contributed by atoms with E-state index in [9.17, 15) is 14.7 Å². The minimum atomic E-state index is -1.04. The van der Waals surface area contributed by atoms with Gasteiger partial charge in [-0.1, -0.05) is 6.92 Å². The molecule has 2 saturated heterocycles. The third-order valence-corrected chi connectivity index (χ3v) is 4.59. The Kier molecular flexibility index (Phi) is 4.52. The summed E-state index contributed by atoms with van der Waals surface area (Å²) in [5.41, 5.74) is -1.04. The van der Waals surface area contributed by atoms with Crippen molar-refractivity contribution < 1.29 is 19.4 Å². The van der Waals surface area contributed by atoms with Crippen LogP contribution in [0.15, 0.2) is 0 Å². The molecule has 6 nitrogen and oxygen atoms in total. The summed E-state index contributed by atoms with van der Waals surface area (Å²) < 4.78 is 5.55. The maximum Gasteiger partial charge on any atom is 0.329 e. The van der Waals surface area contributed by atoms with Crippen molar-refractivity contribution in [3.8, 4) is 0 Å². The second kappa shape index (κ2) is 5.99. The number of nitrogens with one attached hydrogen (secondary N) is 1. The Bertz CT molecular complexity index is 381. The van der Waals surface area contributed by atoms with E-state index in [1.807, 2.05) is 13.8 Å². The van der Waals surface area contributed by atoms with Gasteiger partial charge >= 0.3 is 12.0 Å². The van der Waals surface area contributed by atoms with Crippen molar-refractivity contribution in [2.45, 2.75) is 63.6 Å². The van der Waals surface area contributed by atoms with Gasteiger partial charge < -0.3 is 20.1 Å². The molecule has 2 aliphatic heterocycles. The van der Waals surface area contributed by atoms with Gasteiger partial charge in [-0.2, -0.15) is 0 Å². The Morgan fingerprint density at radius 3 is 2.80 bits per heavy atom. The normalized spacial score (nSPS) is 31.3. The summed E-state index contributed by atoms with van der Waals surface area (Å²) in [6.45, 7) is 4.98. The van der Waals surface area contributed by atoms with Gasteiger partial charge in [-0.05, 0) is 39.0 Å². The van der Waals surface area contributed by atoms with E-state index in [0.29, 0.717) is 19.4 Å². The average Bonchev–Trinajstić information content (AvgIpc) is 3.08. The van der Waals surface area contributed by atoms with E-state index in [-0.39, 0.29) is 18.2 Å². The zero-order chi connectivity index (χ0) is 14.8. The molecular weight excluding hydrogens is 260 g/mol. The molecule has 2 fully saturated rings. The van der Waals surface area contributed by atoms with E-state index < -0.39 is 11.5 Å². The molecule has 2 amide bonds. The third-order valence-electron chi connectivity index (χ3n) is 4.59. The van der Waals surface area contributed by atoms with E-state index in [0.717, 1.165) is 25.9 Å². The van der Waals surface area contributed by atoms with Crippen LogP contribution in [0.1, 0.15) is 46.0 Å². The molecule has 2 N–H and O–H groups in total. The number of likely N-dealkylation sites (tertiary alicyclic amines) is 1. The van der Waals surface area contributed by atoms with Crippen molar-refractivity contribution in [1.29, 1.82) is 0 Å². The number of carbonyl (C=O) groups excluding carboxylic acids is 1. The van der Waals surface area contributed by atoms with Crippen LogP contribution in [0.3, 0.4) is 0 Å². The fourth-order valence-electron chi connectivity index (χ4n) is 3.28. The van der Waals surface area contributed by atoms with Gasteiger partial charge in [0, 0.05) is 13.2 Å². The van der Waals surface area contributed by atoms with Crippen LogP contribution in [0.4, 0.5) is 4.79 Å². The van der Waals surface area contributed by atoms with Crippen LogP contribution in [0.25, 0.3) is 0 Å². The predicted molar refractivity (Wildman–Crippen MR) is 73.6 cm³/mol. The maximum atomic E-state index is 12.4. The lowest BCUT2D eigenvalue weighted by Gasteiger charge is -2.35. The Hall–Kier alpha value is -1.30. The Morgan fingerprint density at radius 2 is 2.25 bits per heavy atom. The zero-order valence-corrected chi connectivity index (χ0v) is 12.2. The second-order valence-electron chi connectivity index (χ2n) is 5.74. The molecule has 0 bridgehead atoms. The highest BCUT2D eigenvalue weighted by Gasteiger charge is 2.48. The Morgan fingerprint density at radius 1 is 1.50 bits per heavy atom. The van der Waals surface area contributed by atoms with Crippen molar-refractivity contribution >= 4 is 12.0 Å². The summed E-state index contributed by atoms with van der Waals surface area (Å²) in [7, 11) is 0. The van der Waals surface area contributed by atoms with Crippen LogP contribution in [-0.2, 0) is 9.53 Å². The van der Waals surface area contributed by atoms with Gasteiger partial charge in [0.15, 0.2) is 0 Å². The van der Waals surface area contributed by atoms with Crippen molar-refractivity contribution in [1.82, 2.24) is 10.2 Å².